The molecule has 0 spiro atoms. The second-order valence-electron chi connectivity index (χ2n) is 11.4. The Bertz CT molecular complexity index is 1500. The lowest BCUT2D eigenvalue weighted by atomic mass is 9.69. The van der Waals surface area contributed by atoms with Crippen molar-refractivity contribution in [2.75, 3.05) is 6.61 Å². The van der Waals surface area contributed by atoms with Gasteiger partial charge in [0.15, 0.2) is 0 Å². The number of imide groups is 1. The summed E-state index contributed by atoms with van der Waals surface area (Å²) in [4.78, 5) is 34.3. The van der Waals surface area contributed by atoms with Crippen LogP contribution in [0, 0.1) is 31.6 Å². The van der Waals surface area contributed by atoms with Crippen molar-refractivity contribution < 1.29 is 19.4 Å². The minimum Gasteiger partial charge on any atom is -0.507 e. The number of carbonyl (C=O) groups excluding carboxylic acids is 2. The zero-order valence-corrected chi connectivity index (χ0v) is 24.6. The molecule has 0 bridgehead atoms. The van der Waals surface area contributed by atoms with Crippen LogP contribution in [-0.4, -0.2) is 39.5 Å². The van der Waals surface area contributed by atoms with Gasteiger partial charge in [0, 0.05) is 17.0 Å². The Morgan fingerprint density at radius 1 is 1.12 bits per heavy atom. The molecule has 41 heavy (non-hydrogen) atoms. The van der Waals surface area contributed by atoms with Crippen LogP contribution in [0.5, 0.6) is 5.75 Å². The summed E-state index contributed by atoms with van der Waals surface area (Å²) >= 11 is 1.58. The highest BCUT2D eigenvalue weighted by molar-refractivity contribution is 7.09. The first-order chi connectivity index (χ1) is 19.9. The van der Waals surface area contributed by atoms with Crippen LogP contribution < -0.4 is 0 Å². The lowest BCUT2D eigenvalue weighted by Gasteiger charge is -2.31. The van der Waals surface area contributed by atoms with Gasteiger partial charge >= 0.3 is 0 Å². The van der Waals surface area contributed by atoms with Crippen molar-refractivity contribution in [3.05, 3.63) is 92.4 Å². The molecule has 1 N–H and O–H groups in total. The number of phenols is 1. The molecular weight excluding hydrogens is 532 g/mol. The number of likely N-dealkylation sites (tertiary alicyclic amines) is 1. The molecule has 2 amide bonds. The van der Waals surface area contributed by atoms with Gasteiger partial charge in [-0.3, -0.25) is 19.5 Å². The average molecular weight is 569 g/mol. The van der Waals surface area contributed by atoms with Gasteiger partial charge in [-0.05, 0) is 109 Å². The number of aryl methyl sites for hydroxylation is 2. The molecule has 2 fully saturated rings. The lowest BCUT2D eigenvalue weighted by molar-refractivity contribution is -0.140. The van der Waals surface area contributed by atoms with Gasteiger partial charge in [0.25, 0.3) is 0 Å². The van der Waals surface area contributed by atoms with Crippen LogP contribution in [0.15, 0.2) is 65.2 Å². The van der Waals surface area contributed by atoms with Crippen LogP contribution >= 0.6 is 11.3 Å². The van der Waals surface area contributed by atoms with Gasteiger partial charge in [-0.15, -0.1) is 11.3 Å². The number of phenolic OH excluding ortho intramolecular Hbond substituents is 1. The van der Waals surface area contributed by atoms with E-state index in [4.69, 9.17) is 4.74 Å². The molecule has 4 heterocycles. The van der Waals surface area contributed by atoms with Crippen molar-refractivity contribution in [3.63, 3.8) is 0 Å². The Balaban J connectivity index is 1.26. The number of amides is 2. The van der Waals surface area contributed by atoms with E-state index < -0.39 is 0 Å². The molecule has 0 radical (unpaired) electrons. The maximum Gasteiger partial charge on any atom is 0.234 e. The molecule has 2 saturated heterocycles. The Kier molecular flexibility index (Phi) is 7.66. The fourth-order valence-electron chi connectivity index (χ4n) is 6.98. The number of rotatable bonds is 8. The second-order valence-corrected chi connectivity index (χ2v) is 12.5. The quantitative estimate of drug-likeness (QED) is 0.241. The molecule has 6 nitrogen and oxygen atoms in total. The van der Waals surface area contributed by atoms with E-state index in [2.05, 4.69) is 18.0 Å². The van der Waals surface area contributed by atoms with Gasteiger partial charge in [0.05, 0.1) is 36.8 Å². The molecule has 4 atom stereocenters. The van der Waals surface area contributed by atoms with E-state index >= 15 is 0 Å². The van der Waals surface area contributed by atoms with Crippen LogP contribution in [0.1, 0.15) is 59.9 Å². The number of ether oxygens (including phenoxy) is 1. The molecule has 2 aromatic heterocycles. The van der Waals surface area contributed by atoms with Gasteiger partial charge in [0.1, 0.15) is 5.75 Å². The SMILES string of the molecule is CCC1=C2[C@@H](CC/C(=C/c3cc(C)c(O)c(C)c3)c3ccccn3)OC[C@@H]2[C@@H]2C(=O)N(Cc3cccs3)C(=O)[C@@H]2C1. The van der Waals surface area contributed by atoms with Crippen molar-refractivity contribution >= 4 is 34.8 Å². The van der Waals surface area contributed by atoms with Gasteiger partial charge < -0.3 is 9.84 Å². The summed E-state index contributed by atoms with van der Waals surface area (Å²) in [6.07, 6.45) is 6.90. The minimum atomic E-state index is -0.327. The summed E-state index contributed by atoms with van der Waals surface area (Å²) in [5, 5.41) is 12.2. The highest BCUT2D eigenvalue weighted by atomic mass is 32.1. The summed E-state index contributed by atoms with van der Waals surface area (Å²) in [7, 11) is 0. The van der Waals surface area contributed by atoms with Crippen LogP contribution in [0.4, 0.5) is 0 Å². The number of fused-ring (bicyclic) bond motifs is 3. The van der Waals surface area contributed by atoms with E-state index in [-0.39, 0.29) is 35.7 Å². The molecule has 6 rings (SSSR count). The molecule has 3 aliphatic rings. The largest absolute Gasteiger partial charge is 0.507 e. The monoisotopic (exact) mass is 568 g/mol. The highest BCUT2D eigenvalue weighted by Gasteiger charge is 2.56. The maximum atomic E-state index is 13.7. The summed E-state index contributed by atoms with van der Waals surface area (Å²) < 4.78 is 6.44. The van der Waals surface area contributed by atoms with E-state index in [1.807, 2.05) is 67.9 Å². The third-order valence-electron chi connectivity index (χ3n) is 8.94. The summed E-state index contributed by atoms with van der Waals surface area (Å²) in [5.74, 6) is -0.382. The normalized spacial score (nSPS) is 24.3. The number of aromatic nitrogens is 1. The number of hydrogen-bond donors (Lipinski definition) is 1. The standard InChI is InChI=1S/C34H36N2O4S/c1-4-23-17-26-31(34(39)36(33(26)38)18-25-8-7-13-41-25)27-19-40-29(30(23)27)11-10-24(28-9-5-6-12-35-28)16-22-14-20(2)32(37)21(3)15-22/h5-9,12-16,26-27,29,31,37H,4,10-11,17-19H2,1-3H3/b24-16-/t26-,27+,29-,31-/m1/s1. The van der Waals surface area contributed by atoms with Crippen LogP contribution in [-0.2, 0) is 20.9 Å². The van der Waals surface area contributed by atoms with Gasteiger partial charge in [-0.2, -0.15) is 0 Å². The third kappa shape index (κ3) is 5.17. The molecule has 0 saturated carbocycles. The Morgan fingerprint density at radius 2 is 1.93 bits per heavy atom. The number of hydrogen-bond acceptors (Lipinski definition) is 6. The molecule has 2 aliphatic heterocycles. The number of aromatic hydroxyl groups is 1. The van der Waals surface area contributed by atoms with Crippen LogP contribution in [0.2, 0.25) is 0 Å². The Hall–Kier alpha value is -3.55. The van der Waals surface area contributed by atoms with E-state index in [1.54, 1.807) is 11.3 Å². The zero-order chi connectivity index (χ0) is 28.7. The second kappa shape index (κ2) is 11.4. The number of carbonyl (C=O) groups is 2. The van der Waals surface area contributed by atoms with Gasteiger partial charge in [-0.25, -0.2) is 0 Å². The van der Waals surface area contributed by atoms with Crippen molar-refractivity contribution in [1.29, 1.82) is 0 Å². The molecular formula is C34H36N2O4S. The lowest BCUT2D eigenvalue weighted by Crippen LogP contribution is -2.34. The minimum absolute atomic E-state index is 0.0262. The molecule has 3 aromatic rings. The van der Waals surface area contributed by atoms with E-state index in [9.17, 15) is 14.7 Å². The molecule has 1 aliphatic carbocycles. The van der Waals surface area contributed by atoms with Gasteiger partial charge in [0.2, 0.25) is 11.8 Å². The Morgan fingerprint density at radius 3 is 2.61 bits per heavy atom. The number of benzene rings is 1. The van der Waals surface area contributed by atoms with E-state index in [0.29, 0.717) is 25.3 Å². The number of thiophene rings is 1. The average Bonchev–Trinajstić information content (AvgIpc) is 3.70. The van der Waals surface area contributed by atoms with Crippen molar-refractivity contribution in [1.82, 2.24) is 9.88 Å². The van der Waals surface area contributed by atoms with E-state index in [0.717, 1.165) is 52.1 Å². The predicted octanol–water partition coefficient (Wildman–Crippen LogP) is 6.71. The maximum absolute atomic E-state index is 13.7. The topological polar surface area (TPSA) is 79.7 Å². The fraction of sp³-hybridized carbons (Fsp3) is 0.382. The summed E-state index contributed by atoms with van der Waals surface area (Å²) in [5.41, 5.74) is 7.27. The third-order valence-corrected chi connectivity index (χ3v) is 9.81. The smallest absolute Gasteiger partial charge is 0.234 e. The van der Waals surface area contributed by atoms with Gasteiger partial charge in [-0.1, -0.05) is 24.6 Å². The first-order valence-corrected chi connectivity index (χ1v) is 15.4. The number of nitrogens with zero attached hydrogens (tertiary/aromatic N) is 2. The zero-order valence-electron chi connectivity index (χ0n) is 23.8. The molecule has 0 unspecified atom stereocenters. The number of allylic oxidation sites excluding steroid dienone is 2. The highest BCUT2D eigenvalue weighted by Crippen LogP contribution is 2.51. The van der Waals surface area contributed by atoms with Crippen molar-refractivity contribution in [2.45, 2.75) is 59.1 Å². The Labute approximate surface area is 245 Å². The molecule has 212 valence electrons. The predicted molar refractivity (Wildman–Crippen MR) is 161 cm³/mol. The fourth-order valence-corrected chi connectivity index (χ4v) is 7.67. The van der Waals surface area contributed by atoms with Crippen molar-refractivity contribution in [2.24, 2.45) is 17.8 Å². The first kappa shape index (κ1) is 27.6. The van der Waals surface area contributed by atoms with Crippen molar-refractivity contribution in [3.8, 4) is 5.75 Å². The summed E-state index contributed by atoms with van der Waals surface area (Å²) in [6.45, 7) is 6.82. The summed E-state index contributed by atoms with van der Waals surface area (Å²) in [6, 6.07) is 13.9. The first-order valence-electron chi connectivity index (χ1n) is 14.5. The van der Waals surface area contributed by atoms with E-state index in [1.165, 1.54) is 16.0 Å². The van der Waals surface area contributed by atoms with Crippen LogP contribution in [0.3, 0.4) is 0 Å². The number of pyridine rings is 1. The van der Waals surface area contributed by atoms with Crippen LogP contribution in [0.25, 0.3) is 11.6 Å². The molecule has 7 heteroatoms. The molecule has 1 aromatic carbocycles.